The van der Waals surface area contributed by atoms with Crippen molar-refractivity contribution in [1.29, 1.82) is 0 Å². The van der Waals surface area contributed by atoms with E-state index >= 15 is 0 Å². The van der Waals surface area contributed by atoms with Gasteiger partial charge in [-0.1, -0.05) is 195 Å². The monoisotopic (exact) mass is 903 g/mol. The molecule has 0 aromatic heterocycles. The van der Waals surface area contributed by atoms with E-state index in [0.29, 0.717) is 19.3 Å². The second-order valence-corrected chi connectivity index (χ2v) is 17.4. The number of allylic oxidation sites excluding steroid dienone is 16. The van der Waals surface area contributed by atoms with Crippen LogP contribution in [0.4, 0.5) is 0 Å². The van der Waals surface area contributed by atoms with E-state index in [9.17, 15) is 14.4 Å². The molecule has 0 rings (SSSR count). The van der Waals surface area contributed by atoms with E-state index in [2.05, 4.69) is 118 Å². The fourth-order valence-electron chi connectivity index (χ4n) is 6.96. The highest BCUT2D eigenvalue weighted by Gasteiger charge is 2.19. The number of carbonyl (C=O) groups is 3. The average Bonchev–Trinajstić information content (AvgIpc) is 3.30. The molecule has 65 heavy (non-hydrogen) atoms. The molecule has 0 amide bonds. The highest BCUT2D eigenvalue weighted by atomic mass is 16.6. The normalized spacial score (nSPS) is 12.8. The molecule has 0 heterocycles. The van der Waals surface area contributed by atoms with E-state index in [0.717, 1.165) is 116 Å². The Morgan fingerprint density at radius 2 is 0.569 bits per heavy atom. The minimum Gasteiger partial charge on any atom is -0.462 e. The molecule has 0 saturated heterocycles. The molecule has 0 aromatic rings. The largest absolute Gasteiger partial charge is 0.462 e. The molecule has 0 spiro atoms. The van der Waals surface area contributed by atoms with Crippen LogP contribution in [0.5, 0.6) is 0 Å². The lowest BCUT2D eigenvalue weighted by Crippen LogP contribution is -2.30. The molecule has 0 aliphatic rings. The Kier molecular flexibility index (Phi) is 50.0. The number of rotatable bonds is 47. The lowest BCUT2D eigenvalue weighted by atomic mass is 10.1. The summed E-state index contributed by atoms with van der Waals surface area (Å²) in [5.74, 6) is -0.995. The predicted octanol–water partition coefficient (Wildman–Crippen LogP) is 17.8. The van der Waals surface area contributed by atoms with Crippen LogP contribution in [0.25, 0.3) is 0 Å². The van der Waals surface area contributed by atoms with Crippen LogP contribution in [-0.2, 0) is 28.6 Å². The Bertz CT molecular complexity index is 1310. The molecule has 0 N–H and O–H groups in total. The predicted molar refractivity (Wildman–Crippen MR) is 279 cm³/mol. The molecule has 6 heteroatoms. The van der Waals surface area contributed by atoms with Gasteiger partial charge in [0.05, 0.1) is 0 Å². The van der Waals surface area contributed by atoms with Crippen molar-refractivity contribution in [2.75, 3.05) is 13.2 Å². The van der Waals surface area contributed by atoms with Crippen LogP contribution in [0, 0.1) is 0 Å². The molecule has 0 bridgehead atoms. The summed E-state index contributed by atoms with van der Waals surface area (Å²) in [6.45, 7) is 6.48. The van der Waals surface area contributed by atoms with E-state index in [1.165, 1.54) is 77.0 Å². The van der Waals surface area contributed by atoms with Crippen LogP contribution in [0.2, 0.25) is 0 Å². The van der Waals surface area contributed by atoms with Gasteiger partial charge in [0.1, 0.15) is 13.2 Å². The number of hydrogen-bond acceptors (Lipinski definition) is 6. The maximum atomic E-state index is 12.8. The molecule has 0 radical (unpaired) electrons. The Balaban J connectivity index is 4.53. The van der Waals surface area contributed by atoms with Crippen LogP contribution in [0.15, 0.2) is 97.2 Å². The van der Waals surface area contributed by atoms with Crippen LogP contribution in [-0.4, -0.2) is 37.2 Å². The molecule has 0 fully saturated rings. The van der Waals surface area contributed by atoms with Crippen molar-refractivity contribution in [1.82, 2.24) is 0 Å². The third-order valence-electron chi connectivity index (χ3n) is 11.0. The average molecular weight is 903 g/mol. The fourth-order valence-corrected chi connectivity index (χ4v) is 6.96. The minimum atomic E-state index is -0.813. The lowest BCUT2D eigenvalue weighted by molar-refractivity contribution is -0.167. The molecular weight excluding hydrogens is 805 g/mol. The zero-order chi connectivity index (χ0) is 47.2. The minimum absolute atomic E-state index is 0.109. The van der Waals surface area contributed by atoms with Gasteiger partial charge in [-0.05, 0) is 122 Å². The van der Waals surface area contributed by atoms with Gasteiger partial charge < -0.3 is 14.2 Å². The van der Waals surface area contributed by atoms with Crippen molar-refractivity contribution >= 4 is 17.9 Å². The number of hydrogen-bond donors (Lipinski definition) is 0. The first-order valence-corrected chi connectivity index (χ1v) is 26.7. The van der Waals surface area contributed by atoms with Gasteiger partial charge in [0.25, 0.3) is 0 Å². The summed E-state index contributed by atoms with van der Waals surface area (Å²) in [5.41, 5.74) is 0. The van der Waals surface area contributed by atoms with E-state index < -0.39 is 6.10 Å². The molecule has 6 nitrogen and oxygen atoms in total. The zero-order valence-electron chi connectivity index (χ0n) is 42.2. The van der Waals surface area contributed by atoms with Gasteiger partial charge in [-0.15, -0.1) is 0 Å². The van der Waals surface area contributed by atoms with Crippen molar-refractivity contribution in [3.05, 3.63) is 97.2 Å². The molecule has 0 aliphatic carbocycles. The summed E-state index contributed by atoms with van der Waals surface area (Å²) in [4.78, 5) is 38.0. The molecule has 1 unspecified atom stereocenters. The second kappa shape index (κ2) is 52.9. The summed E-state index contributed by atoms with van der Waals surface area (Å²) < 4.78 is 16.7. The fraction of sp³-hybridized carbons (Fsp3) is 0.678. The maximum absolute atomic E-state index is 12.8. The first-order chi connectivity index (χ1) is 32.0. The SMILES string of the molecule is CCCCCC=CCC=CCC=CCC=CCCCC(=O)OCC(COC(=O)CCCCCCCC=CCC=CCCCCC)OC(=O)CCCCCCCC=CCC=CCCCCC. The van der Waals surface area contributed by atoms with Gasteiger partial charge in [-0.3, -0.25) is 14.4 Å². The van der Waals surface area contributed by atoms with Crippen LogP contribution >= 0.6 is 0 Å². The highest BCUT2D eigenvalue weighted by molar-refractivity contribution is 5.71. The molecule has 0 saturated carbocycles. The Morgan fingerprint density at radius 1 is 0.308 bits per heavy atom. The quantitative estimate of drug-likeness (QED) is 0.0262. The second-order valence-electron chi connectivity index (χ2n) is 17.4. The Hall–Kier alpha value is -3.67. The molecule has 0 aliphatic heterocycles. The van der Waals surface area contributed by atoms with Gasteiger partial charge in [0, 0.05) is 19.3 Å². The standard InChI is InChI=1S/C59H98O6/c1-4-7-10-13-16-19-22-25-28-29-32-34-37-40-43-46-49-52-58(61)64-55-56(65-59(62)53-50-47-44-41-38-35-31-27-24-21-18-15-12-9-6-3)54-63-57(60)51-48-45-42-39-36-33-30-26-23-20-17-14-11-8-5-2/h16-21,25-28,30-32,34,40,43,56H,4-15,22-24,29,33,35-39,41-42,44-55H2,1-3H3. The smallest absolute Gasteiger partial charge is 0.306 e. The highest BCUT2D eigenvalue weighted by Crippen LogP contribution is 2.13. The Morgan fingerprint density at radius 3 is 0.923 bits per heavy atom. The van der Waals surface area contributed by atoms with Gasteiger partial charge in [-0.25, -0.2) is 0 Å². The van der Waals surface area contributed by atoms with Crippen molar-refractivity contribution in [2.45, 2.75) is 245 Å². The topological polar surface area (TPSA) is 78.9 Å². The summed E-state index contributed by atoms with van der Waals surface area (Å²) in [6.07, 6.45) is 69.6. The van der Waals surface area contributed by atoms with Crippen molar-refractivity contribution in [2.24, 2.45) is 0 Å². The summed E-state index contributed by atoms with van der Waals surface area (Å²) in [6, 6.07) is 0. The van der Waals surface area contributed by atoms with Gasteiger partial charge in [0.15, 0.2) is 6.10 Å². The Labute approximate surface area is 400 Å². The molecule has 1 atom stereocenters. The molecule has 370 valence electrons. The van der Waals surface area contributed by atoms with E-state index in [1.54, 1.807) is 0 Å². The third kappa shape index (κ3) is 51.2. The van der Waals surface area contributed by atoms with Crippen LogP contribution in [0.1, 0.15) is 239 Å². The number of ether oxygens (including phenoxy) is 3. The maximum Gasteiger partial charge on any atom is 0.306 e. The molecule has 0 aromatic carbocycles. The zero-order valence-corrected chi connectivity index (χ0v) is 42.2. The van der Waals surface area contributed by atoms with Crippen molar-refractivity contribution in [3.8, 4) is 0 Å². The first-order valence-electron chi connectivity index (χ1n) is 26.7. The van der Waals surface area contributed by atoms with Crippen LogP contribution < -0.4 is 0 Å². The van der Waals surface area contributed by atoms with Crippen LogP contribution in [0.3, 0.4) is 0 Å². The first kappa shape index (κ1) is 61.3. The van der Waals surface area contributed by atoms with Gasteiger partial charge >= 0.3 is 17.9 Å². The summed E-state index contributed by atoms with van der Waals surface area (Å²) >= 11 is 0. The van der Waals surface area contributed by atoms with E-state index in [4.69, 9.17) is 14.2 Å². The third-order valence-corrected chi connectivity index (χ3v) is 11.0. The van der Waals surface area contributed by atoms with E-state index in [1.807, 2.05) is 0 Å². The van der Waals surface area contributed by atoms with Crippen molar-refractivity contribution < 1.29 is 28.6 Å². The van der Waals surface area contributed by atoms with Gasteiger partial charge in [-0.2, -0.15) is 0 Å². The summed E-state index contributed by atoms with van der Waals surface area (Å²) in [7, 11) is 0. The number of unbranched alkanes of at least 4 members (excludes halogenated alkanes) is 20. The summed E-state index contributed by atoms with van der Waals surface area (Å²) in [5, 5.41) is 0. The lowest BCUT2D eigenvalue weighted by Gasteiger charge is -2.18. The van der Waals surface area contributed by atoms with Gasteiger partial charge in [0.2, 0.25) is 0 Å². The number of esters is 3. The molecular formula is C59H98O6. The van der Waals surface area contributed by atoms with Crippen molar-refractivity contribution in [3.63, 3.8) is 0 Å². The number of carbonyl (C=O) groups excluding carboxylic acids is 3. The van der Waals surface area contributed by atoms with E-state index in [-0.39, 0.29) is 37.5 Å².